The minimum Gasteiger partial charge on any atom is -0.308 e. The number of hydrogen-bond donors (Lipinski definition) is 1. The Balaban J connectivity index is 2.15. The van der Waals surface area contributed by atoms with Crippen LogP contribution in [0.5, 0.6) is 0 Å². The van der Waals surface area contributed by atoms with Crippen LogP contribution in [0.15, 0.2) is 23.7 Å². The highest BCUT2D eigenvalue weighted by Crippen LogP contribution is 2.19. The predicted octanol–water partition coefficient (Wildman–Crippen LogP) is 3.18. The highest BCUT2D eigenvalue weighted by Gasteiger charge is 2.08. The normalized spacial score (nSPS) is 12.2. The van der Waals surface area contributed by atoms with Crippen molar-refractivity contribution >= 4 is 21.6 Å². The maximum absolute atomic E-state index is 4.41. The van der Waals surface area contributed by atoms with Gasteiger partial charge in [-0.15, -0.1) is 11.3 Å². The van der Waals surface area contributed by atoms with E-state index >= 15 is 0 Å². The molecule has 3 heteroatoms. The average molecular weight is 220 g/mol. The predicted molar refractivity (Wildman–Crippen MR) is 66.2 cm³/mol. The number of nitrogens with zero attached hydrogens (tertiary/aromatic N) is 1. The van der Waals surface area contributed by atoms with Gasteiger partial charge >= 0.3 is 0 Å². The number of aromatic nitrogens is 1. The van der Waals surface area contributed by atoms with Crippen LogP contribution >= 0.6 is 11.3 Å². The van der Waals surface area contributed by atoms with Crippen LogP contribution in [0.4, 0.5) is 0 Å². The molecule has 0 aliphatic carbocycles. The summed E-state index contributed by atoms with van der Waals surface area (Å²) in [6.07, 6.45) is 1.95. The number of hydrogen-bond acceptors (Lipinski definition) is 3. The summed E-state index contributed by atoms with van der Waals surface area (Å²) in [4.78, 5) is 4.41. The quantitative estimate of drug-likeness (QED) is 0.840. The molecule has 1 N–H and O–H groups in total. The lowest BCUT2D eigenvalue weighted by atomic mass is 10.1. The molecule has 2 aromatic rings. The number of nitrogens with one attached hydrogen (secondary N) is 1. The molecule has 2 aromatic heterocycles. The first kappa shape index (κ1) is 10.6. The molecule has 2 rings (SSSR count). The van der Waals surface area contributed by atoms with E-state index in [2.05, 4.69) is 48.6 Å². The van der Waals surface area contributed by atoms with Crippen LogP contribution in [0, 0.1) is 0 Å². The topological polar surface area (TPSA) is 24.9 Å². The second kappa shape index (κ2) is 3.91. The van der Waals surface area contributed by atoms with Crippen molar-refractivity contribution in [1.82, 2.24) is 10.3 Å². The van der Waals surface area contributed by atoms with Crippen molar-refractivity contribution in [1.29, 1.82) is 0 Å². The van der Waals surface area contributed by atoms with Crippen LogP contribution in [0.2, 0.25) is 0 Å². The number of rotatable bonds is 2. The van der Waals surface area contributed by atoms with Crippen LogP contribution in [0.1, 0.15) is 26.3 Å². The fourth-order valence-corrected chi connectivity index (χ4v) is 2.16. The molecule has 0 saturated heterocycles. The molecular weight excluding hydrogens is 204 g/mol. The van der Waals surface area contributed by atoms with E-state index in [4.69, 9.17) is 0 Å². The summed E-state index contributed by atoms with van der Waals surface area (Å²) < 4.78 is 1.27. The average Bonchev–Trinajstić information content (AvgIpc) is 2.60. The zero-order valence-electron chi connectivity index (χ0n) is 9.37. The third-order valence-corrected chi connectivity index (χ3v) is 3.04. The molecule has 0 amide bonds. The van der Waals surface area contributed by atoms with E-state index in [1.165, 1.54) is 10.3 Å². The second-order valence-electron chi connectivity index (χ2n) is 4.75. The number of thiophene rings is 1. The fourth-order valence-electron chi connectivity index (χ4n) is 1.35. The highest BCUT2D eigenvalue weighted by molar-refractivity contribution is 7.17. The van der Waals surface area contributed by atoms with Crippen molar-refractivity contribution in [2.75, 3.05) is 0 Å². The molecule has 0 aliphatic rings. The molecule has 0 aromatic carbocycles. The van der Waals surface area contributed by atoms with Gasteiger partial charge in [0, 0.05) is 18.3 Å². The zero-order chi connectivity index (χ0) is 10.9. The van der Waals surface area contributed by atoms with Crippen LogP contribution in [-0.2, 0) is 6.54 Å². The third kappa shape index (κ3) is 2.76. The first-order valence-electron chi connectivity index (χ1n) is 5.12. The van der Waals surface area contributed by atoms with E-state index < -0.39 is 0 Å². The SMILES string of the molecule is CC(C)(C)NCc1cnc2ccsc2c1. The fraction of sp³-hybridized carbons (Fsp3) is 0.417. The second-order valence-corrected chi connectivity index (χ2v) is 5.70. The number of pyridine rings is 1. The maximum atomic E-state index is 4.41. The van der Waals surface area contributed by atoms with E-state index in [9.17, 15) is 0 Å². The third-order valence-electron chi connectivity index (χ3n) is 2.18. The lowest BCUT2D eigenvalue weighted by molar-refractivity contribution is 0.424. The van der Waals surface area contributed by atoms with Gasteiger partial charge in [-0.05, 0) is 43.8 Å². The van der Waals surface area contributed by atoms with Crippen LogP contribution in [0.3, 0.4) is 0 Å². The highest BCUT2D eigenvalue weighted by atomic mass is 32.1. The zero-order valence-corrected chi connectivity index (χ0v) is 10.2. The lowest BCUT2D eigenvalue weighted by Crippen LogP contribution is -2.35. The molecule has 0 saturated carbocycles. The molecular formula is C12H16N2S. The molecule has 0 unspecified atom stereocenters. The Bertz CT molecular complexity index is 454. The van der Waals surface area contributed by atoms with Crippen molar-refractivity contribution < 1.29 is 0 Å². The molecule has 0 aliphatic heterocycles. The number of fused-ring (bicyclic) bond motifs is 1. The summed E-state index contributed by atoms with van der Waals surface area (Å²) in [5.41, 5.74) is 2.50. The van der Waals surface area contributed by atoms with Gasteiger partial charge in [0.25, 0.3) is 0 Å². The van der Waals surface area contributed by atoms with Crippen molar-refractivity contribution in [3.8, 4) is 0 Å². The van der Waals surface area contributed by atoms with Crippen molar-refractivity contribution in [3.05, 3.63) is 29.3 Å². The molecule has 0 radical (unpaired) electrons. The molecule has 80 valence electrons. The van der Waals surface area contributed by atoms with Crippen molar-refractivity contribution in [2.45, 2.75) is 32.9 Å². The summed E-state index contributed by atoms with van der Waals surface area (Å²) in [6.45, 7) is 7.39. The Morgan fingerprint density at radius 2 is 2.20 bits per heavy atom. The molecule has 15 heavy (non-hydrogen) atoms. The Hall–Kier alpha value is -0.930. The standard InChI is InChI=1S/C12H16N2S/c1-12(2,3)14-8-9-6-11-10(13-7-9)4-5-15-11/h4-7,14H,8H2,1-3H3. The van der Waals surface area contributed by atoms with E-state index in [0.717, 1.165) is 12.1 Å². The monoisotopic (exact) mass is 220 g/mol. The first-order chi connectivity index (χ1) is 7.04. The van der Waals surface area contributed by atoms with E-state index in [1.807, 2.05) is 6.20 Å². The molecule has 2 nitrogen and oxygen atoms in total. The minimum absolute atomic E-state index is 0.157. The van der Waals surface area contributed by atoms with Gasteiger partial charge in [-0.2, -0.15) is 0 Å². The van der Waals surface area contributed by atoms with E-state index in [1.54, 1.807) is 11.3 Å². The van der Waals surface area contributed by atoms with Gasteiger partial charge in [0.2, 0.25) is 0 Å². The molecule has 0 atom stereocenters. The van der Waals surface area contributed by atoms with Crippen LogP contribution in [-0.4, -0.2) is 10.5 Å². The lowest BCUT2D eigenvalue weighted by Gasteiger charge is -2.20. The van der Waals surface area contributed by atoms with Crippen molar-refractivity contribution in [3.63, 3.8) is 0 Å². The molecule has 0 spiro atoms. The van der Waals surface area contributed by atoms with Gasteiger partial charge in [-0.25, -0.2) is 0 Å². The molecule has 0 bridgehead atoms. The summed E-state index contributed by atoms with van der Waals surface area (Å²) in [7, 11) is 0. The Kier molecular flexibility index (Phi) is 2.76. The summed E-state index contributed by atoms with van der Waals surface area (Å²) >= 11 is 1.74. The van der Waals surface area contributed by atoms with Gasteiger partial charge in [0.15, 0.2) is 0 Å². The summed E-state index contributed by atoms with van der Waals surface area (Å²) in [5.74, 6) is 0. The Labute approximate surface area is 94.3 Å². The Morgan fingerprint density at radius 1 is 1.40 bits per heavy atom. The van der Waals surface area contributed by atoms with E-state index in [-0.39, 0.29) is 5.54 Å². The largest absolute Gasteiger partial charge is 0.308 e. The van der Waals surface area contributed by atoms with Gasteiger partial charge in [0.05, 0.1) is 10.2 Å². The maximum Gasteiger partial charge on any atom is 0.0809 e. The van der Waals surface area contributed by atoms with Crippen molar-refractivity contribution in [2.24, 2.45) is 0 Å². The smallest absolute Gasteiger partial charge is 0.0809 e. The van der Waals surface area contributed by atoms with E-state index in [0.29, 0.717) is 0 Å². The molecule has 2 heterocycles. The Morgan fingerprint density at radius 3 is 2.93 bits per heavy atom. The molecule has 0 fully saturated rings. The summed E-state index contributed by atoms with van der Waals surface area (Å²) in [5, 5.41) is 5.54. The van der Waals surface area contributed by atoms with Gasteiger partial charge in [-0.1, -0.05) is 0 Å². The van der Waals surface area contributed by atoms with Crippen LogP contribution in [0.25, 0.3) is 10.2 Å². The first-order valence-corrected chi connectivity index (χ1v) is 6.00. The summed E-state index contributed by atoms with van der Waals surface area (Å²) in [6, 6.07) is 4.27. The minimum atomic E-state index is 0.157. The van der Waals surface area contributed by atoms with Gasteiger partial charge in [-0.3, -0.25) is 4.98 Å². The van der Waals surface area contributed by atoms with Gasteiger partial charge in [0.1, 0.15) is 0 Å². The van der Waals surface area contributed by atoms with Crippen LogP contribution < -0.4 is 5.32 Å². The van der Waals surface area contributed by atoms with Gasteiger partial charge < -0.3 is 5.32 Å².